The minimum atomic E-state index is -4.86. The van der Waals surface area contributed by atoms with Crippen molar-refractivity contribution in [3.63, 3.8) is 0 Å². The van der Waals surface area contributed by atoms with Crippen molar-refractivity contribution in [1.82, 2.24) is 10.8 Å². The molecule has 10 nitrogen and oxygen atoms in total. The molecule has 1 fully saturated rings. The number of fused-ring (bicyclic) bond motifs is 1. The third kappa shape index (κ3) is 6.84. The Morgan fingerprint density at radius 3 is 2.53 bits per heavy atom. The molecule has 4 rings (SSSR count). The molecule has 1 unspecified atom stereocenters. The van der Waals surface area contributed by atoms with Crippen LogP contribution in [0.2, 0.25) is 5.02 Å². The van der Waals surface area contributed by atoms with Crippen LogP contribution in [0.15, 0.2) is 36.4 Å². The zero-order chi connectivity index (χ0) is 27.4. The number of nitrogens with zero attached hydrogens (tertiary/aromatic N) is 1. The second-order valence-corrected chi connectivity index (χ2v) is 9.50. The van der Waals surface area contributed by atoms with Crippen molar-refractivity contribution in [2.24, 2.45) is 0 Å². The Bertz CT molecular complexity index is 1220. The molecular weight excluding hydrogens is 533 g/mol. The molecule has 38 heavy (non-hydrogen) atoms. The SMILES string of the molecule is O=C(NCC1Cc2cc(Cl)ccc2O1)C(=O)NOC1CCC(Nc2ccc([N+](=O)[O-])c(C(F)(F)F)c2)CC1. The fraction of sp³-hybridized carbons (Fsp3) is 0.417. The number of carbonyl (C=O) groups excluding carboxylic acids is 2. The van der Waals surface area contributed by atoms with Gasteiger partial charge in [0, 0.05) is 29.2 Å². The number of benzene rings is 2. The number of nitro groups is 1. The molecule has 1 heterocycles. The summed E-state index contributed by atoms with van der Waals surface area (Å²) in [7, 11) is 0. The molecule has 3 N–H and O–H groups in total. The van der Waals surface area contributed by atoms with Crippen LogP contribution in [0.4, 0.5) is 24.5 Å². The number of rotatable bonds is 7. The number of amides is 2. The Labute approximate surface area is 219 Å². The number of hydroxylamine groups is 1. The van der Waals surface area contributed by atoms with Gasteiger partial charge >= 0.3 is 18.0 Å². The highest BCUT2D eigenvalue weighted by atomic mass is 35.5. The van der Waals surface area contributed by atoms with Crippen molar-refractivity contribution in [1.29, 1.82) is 0 Å². The van der Waals surface area contributed by atoms with Crippen LogP contribution in [0, 0.1) is 10.1 Å². The summed E-state index contributed by atoms with van der Waals surface area (Å²) >= 11 is 5.97. The lowest BCUT2D eigenvalue weighted by Gasteiger charge is -2.29. The van der Waals surface area contributed by atoms with E-state index in [1.165, 1.54) is 6.07 Å². The highest BCUT2D eigenvalue weighted by molar-refractivity contribution is 6.34. The van der Waals surface area contributed by atoms with Gasteiger partial charge in [-0.2, -0.15) is 13.2 Å². The van der Waals surface area contributed by atoms with Crippen LogP contribution in [-0.4, -0.2) is 41.5 Å². The van der Waals surface area contributed by atoms with E-state index >= 15 is 0 Å². The minimum absolute atomic E-state index is 0.119. The van der Waals surface area contributed by atoms with E-state index in [0.717, 1.165) is 17.7 Å². The summed E-state index contributed by atoms with van der Waals surface area (Å²) in [6.45, 7) is 0.119. The van der Waals surface area contributed by atoms with Gasteiger partial charge in [-0.15, -0.1) is 0 Å². The van der Waals surface area contributed by atoms with Gasteiger partial charge in [0.25, 0.3) is 5.69 Å². The molecule has 2 aromatic rings. The van der Waals surface area contributed by atoms with Gasteiger partial charge < -0.3 is 15.4 Å². The molecule has 14 heteroatoms. The van der Waals surface area contributed by atoms with Gasteiger partial charge in [-0.25, -0.2) is 5.48 Å². The molecule has 2 aliphatic rings. The molecular formula is C24H24ClF3N4O6. The lowest BCUT2D eigenvalue weighted by molar-refractivity contribution is -0.388. The third-order valence-corrected chi connectivity index (χ3v) is 6.56. The first-order chi connectivity index (χ1) is 18.0. The molecule has 1 atom stereocenters. The Kier molecular flexibility index (Phi) is 8.26. The summed E-state index contributed by atoms with van der Waals surface area (Å²) in [5.74, 6) is -1.16. The summed E-state index contributed by atoms with van der Waals surface area (Å²) in [4.78, 5) is 39.4. The van der Waals surface area contributed by atoms with Crippen LogP contribution in [-0.2, 0) is 27.0 Å². The average Bonchev–Trinajstić information content (AvgIpc) is 3.28. The molecule has 0 spiro atoms. The van der Waals surface area contributed by atoms with Crippen molar-refractivity contribution in [2.45, 2.75) is 56.5 Å². The lowest BCUT2D eigenvalue weighted by Crippen LogP contribution is -2.45. The second kappa shape index (κ2) is 11.4. The van der Waals surface area contributed by atoms with Crippen LogP contribution in [0.1, 0.15) is 36.8 Å². The average molecular weight is 557 g/mol. The van der Waals surface area contributed by atoms with E-state index in [1.807, 2.05) is 0 Å². The smallest absolute Gasteiger partial charge is 0.423 e. The maximum Gasteiger partial charge on any atom is 0.423 e. The highest BCUT2D eigenvalue weighted by Gasteiger charge is 2.38. The first kappa shape index (κ1) is 27.5. The topological polar surface area (TPSA) is 132 Å². The van der Waals surface area contributed by atoms with Gasteiger partial charge in [0.05, 0.1) is 17.6 Å². The number of hydrogen-bond donors (Lipinski definition) is 3. The number of nitro benzene ring substituents is 1. The molecule has 0 saturated heterocycles. The molecule has 0 radical (unpaired) electrons. The number of carbonyl (C=O) groups is 2. The Morgan fingerprint density at radius 2 is 1.84 bits per heavy atom. The number of nitrogens with one attached hydrogen (secondary N) is 3. The van der Waals surface area contributed by atoms with Gasteiger partial charge in [-0.3, -0.25) is 24.5 Å². The number of alkyl halides is 3. The summed E-state index contributed by atoms with van der Waals surface area (Å²) in [5, 5.41) is 17.0. The van der Waals surface area contributed by atoms with E-state index < -0.39 is 34.2 Å². The summed E-state index contributed by atoms with van der Waals surface area (Å²) in [6.07, 6.45) is -3.08. The Morgan fingerprint density at radius 1 is 1.11 bits per heavy atom. The Hall–Kier alpha value is -3.58. The summed E-state index contributed by atoms with van der Waals surface area (Å²) < 4.78 is 45.3. The predicted octanol–water partition coefficient (Wildman–Crippen LogP) is 4.16. The largest absolute Gasteiger partial charge is 0.488 e. The van der Waals surface area contributed by atoms with Gasteiger partial charge in [0.2, 0.25) is 0 Å². The molecule has 1 aliphatic heterocycles. The fourth-order valence-corrected chi connectivity index (χ4v) is 4.64. The van der Waals surface area contributed by atoms with E-state index in [-0.39, 0.29) is 30.5 Å². The normalized spacial score (nSPS) is 20.7. The van der Waals surface area contributed by atoms with Gasteiger partial charge in [0.1, 0.15) is 17.4 Å². The van der Waals surface area contributed by atoms with Crippen molar-refractivity contribution in [3.8, 4) is 5.75 Å². The first-order valence-corrected chi connectivity index (χ1v) is 12.2. The van der Waals surface area contributed by atoms with E-state index in [9.17, 15) is 32.9 Å². The number of halogens is 4. The van der Waals surface area contributed by atoms with E-state index in [1.54, 1.807) is 18.2 Å². The molecule has 1 saturated carbocycles. The van der Waals surface area contributed by atoms with Gasteiger partial charge in [0.15, 0.2) is 0 Å². The zero-order valence-corrected chi connectivity index (χ0v) is 20.6. The van der Waals surface area contributed by atoms with Gasteiger partial charge in [-0.1, -0.05) is 11.6 Å². The number of ether oxygens (including phenoxy) is 1. The van der Waals surface area contributed by atoms with Crippen LogP contribution < -0.4 is 20.9 Å². The monoisotopic (exact) mass is 556 g/mol. The zero-order valence-electron chi connectivity index (χ0n) is 19.8. The summed E-state index contributed by atoms with van der Waals surface area (Å²) in [5.41, 5.74) is 0.851. The maximum absolute atomic E-state index is 13.2. The number of hydrogen-bond acceptors (Lipinski definition) is 7. The van der Waals surface area contributed by atoms with Crippen LogP contribution in [0.3, 0.4) is 0 Å². The molecule has 2 amide bonds. The molecule has 0 aromatic heterocycles. The molecule has 204 valence electrons. The molecule has 2 aromatic carbocycles. The first-order valence-electron chi connectivity index (χ1n) is 11.8. The Balaban J connectivity index is 1.18. The third-order valence-electron chi connectivity index (χ3n) is 6.32. The van der Waals surface area contributed by atoms with Crippen molar-refractivity contribution in [3.05, 3.63) is 62.7 Å². The highest BCUT2D eigenvalue weighted by Crippen LogP contribution is 2.38. The molecule has 0 bridgehead atoms. The van der Waals surface area contributed by atoms with E-state index in [0.29, 0.717) is 42.9 Å². The summed E-state index contributed by atoms with van der Waals surface area (Å²) in [6, 6.07) is 7.83. The molecule has 1 aliphatic carbocycles. The second-order valence-electron chi connectivity index (χ2n) is 9.06. The fourth-order valence-electron chi connectivity index (χ4n) is 4.45. The van der Waals surface area contributed by atoms with Crippen LogP contribution in [0.25, 0.3) is 0 Å². The van der Waals surface area contributed by atoms with Crippen LogP contribution >= 0.6 is 11.6 Å². The predicted molar refractivity (Wildman–Crippen MR) is 130 cm³/mol. The number of anilines is 1. The minimum Gasteiger partial charge on any atom is -0.488 e. The van der Waals surface area contributed by atoms with Crippen LogP contribution in [0.5, 0.6) is 5.75 Å². The van der Waals surface area contributed by atoms with Gasteiger partial charge in [-0.05, 0) is 61.6 Å². The lowest BCUT2D eigenvalue weighted by atomic mass is 9.93. The standard InChI is InChI=1S/C24H24ClF3N4O6/c25-14-1-8-21-13(9-14)10-18(37-21)12-29-22(33)23(34)31-38-17-5-2-15(3-6-17)30-16-4-7-20(32(35)36)19(11-16)24(26,27)28/h1,4,7-9,11,15,17-18,30H,2-3,5-6,10,12H2,(H,29,33)(H,31,34). The maximum atomic E-state index is 13.2. The quantitative estimate of drug-likeness (QED) is 0.265. The van der Waals surface area contributed by atoms with Crippen molar-refractivity contribution < 1.29 is 37.3 Å². The van der Waals surface area contributed by atoms with Crippen molar-refractivity contribution in [2.75, 3.05) is 11.9 Å². The van der Waals surface area contributed by atoms with E-state index in [4.69, 9.17) is 21.2 Å². The van der Waals surface area contributed by atoms with Crippen molar-refractivity contribution >= 4 is 34.8 Å². The van der Waals surface area contributed by atoms with E-state index in [2.05, 4.69) is 16.1 Å².